The molecule has 0 aliphatic carbocycles. The summed E-state index contributed by atoms with van der Waals surface area (Å²) in [6.45, 7) is -0.462. The smallest absolute Gasteiger partial charge is 0.170 e. The summed E-state index contributed by atoms with van der Waals surface area (Å²) in [7, 11) is 1.54. The molecule has 0 radical (unpaired) electrons. The van der Waals surface area contributed by atoms with Crippen LogP contribution in [0.1, 0.15) is 18.4 Å². The normalized spacial score (nSPS) is 10.4. The molecule has 0 aliphatic rings. The first-order valence-corrected chi connectivity index (χ1v) is 11.3. The minimum atomic E-state index is -0.510. The van der Waals surface area contributed by atoms with Crippen LogP contribution in [0.4, 0.5) is 15.9 Å². The molecule has 3 aromatic carbocycles. The second kappa shape index (κ2) is 11.5. The zero-order valence-electron chi connectivity index (χ0n) is 19.2. The Hall–Kier alpha value is -4.19. The molecule has 0 unspecified atom stereocenters. The highest BCUT2D eigenvalue weighted by Gasteiger charge is 2.13. The molecule has 36 heavy (non-hydrogen) atoms. The third-order valence-electron chi connectivity index (χ3n) is 5.12. The van der Waals surface area contributed by atoms with Gasteiger partial charge in [-0.1, -0.05) is 23.4 Å². The number of hydrogen-bond donors (Lipinski definition) is 2. The summed E-state index contributed by atoms with van der Waals surface area (Å²) in [6, 6.07) is 15.0. The molecule has 0 bridgehead atoms. The van der Waals surface area contributed by atoms with Gasteiger partial charge in [-0.15, -0.1) is 0 Å². The lowest BCUT2D eigenvalue weighted by Crippen LogP contribution is -2.01. The summed E-state index contributed by atoms with van der Waals surface area (Å²) < 4.78 is 25.1. The molecule has 1 aromatic heterocycles. The number of ether oxygens (including phenoxy) is 2. The van der Waals surface area contributed by atoms with Gasteiger partial charge in [0, 0.05) is 35.5 Å². The number of benzene rings is 3. The maximum absolute atomic E-state index is 13.5. The molecule has 9 heteroatoms. The Morgan fingerprint density at radius 3 is 2.64 bits per heavy atom. The van der Waals surface area contributed by atoms with E-state index in [0.717, 1.165) is 5.56 Å². The van der Waals surface area contributed by atoms with Crippen molar-refractivity contribution in [2.45, 2.75) is 12.8 Å². The number of aliphatic hydroxyl groups excluding tert-OH is 1. The second-order valence-electron chi connectivity index (χ2n) is 7.62. The number of Topliss-reactive ketones (excluding diaryl/α,β-unsaturated/α-hetero) is 1. The number of aliphatic hydroxyl groups is 1. The Morgan fingerprint density at radius 1 is 1.11 bits per heavy atom. The van der Waals surface area contributed by atoms with Crippen LogP contribution >= 0.6 is 11.6 Å². The molecule has 0 atom stereocenters. The minimum Gasteiger partial charge on any atom is -0.493 e. The van der Waals surface area contributed by atoms with Gasteiger partial charge in [-0.25, -0.2) is 14.4 Å². The van der Waals surface area contributed by atoms with Crippen molar-refractivity contribution in [2.24, 2.45) is 0 Å². The SMILES string of the molecule is COc1cc2ncnc(Nc3ccc(F)c(Cl)c3)c2cc1Oc1ccc(C#CCCC(=O)CO)cc1. The zero-order valence-corrected chi connectivity index (χ0v) is 20.0. The number of ketones is 1. The average Bonchev–Trinajstić information content (AvgIpc) is 2.89. The van der Waals surface area contributed by atoms with Gasteiger partial charge in [-0.05, 0) is 48.5 Å². The first kappa shape index (κ1) is 24.9. The van der Waals surface area contributed by atoms with Crippen molar-refractivity contribution >= 4 is 39.8 Å². The van der Waals surface area contributed by atoms with Crippen molar-refractivity contribution < 1.29 is 23.8 Å². The predicted octanol–water partition coefficient (Wildman–Crippen LogP) is 5.66. The van der Waals surface area contributed by atoms with Crippen molar-refractivity contribution in [3.63, 3.8) is 0 Å². The lowest BCUT2D eigenvalue weighted by Gasteiger charge is -2.14. The molecule has 4 aromatic rings. The van der Waals surface area contributed by atoms with Gasteiger partial charge in [0.15, 0.2) is 17.3 Å². The third kappa shape index (κ3) is 6.08. The fourth-order valence-corrected chi connectivity index (χ4v) is 3.47. The lowest BCUT2D eigenvalue weighted by atomic mass is 10.2. The molecule has 182 valence electrons. The predicted molar refractivity (Wildman–Crippen MR) is 136 cm³/mol. The summed E-state index contributed by atoms with van der Waals surface area (Å²) in [5.74, 6) is 7.12. The average molecular weight is 506 g/mol. The summed E-state index contributed by atoms with van der Waals surface area (Å²) in [6.07, 6.45) is 2.02. The number of halogens is 2. The molecule has 2 N–H and O–H groups in total. The molecule has 4 rings (SSSR count). The van der Waals surface area contributed by atoms with Crippen molar-refractivity contribution in [3.05, 3.63) is 77.3 Å². The molecular weight excluding hydrogens is 485 g/mol. The van der Waals surface area contributed by atoms with Gasteiger partial charge >= 0.3 is 0 Å². The molecule has 0 saturated heterocycles. The van der Waals surface area contributed by atoms with E-state index in [2.05, 4.69) is 27.1 Å². The van der Waals surface area contributed by atoms with Crippen LogP contribution in [0.25, 0.3) is 10.9 Å². The quantitative estimate of drug-likeness (QED) is 0.298. The van der Waals surface area contributed by atoms with Gasteiger partial charge in [-0.3, -0.25) is 4.79 Å². The van der Waals surface area contributed by atoms with E-state index in [9.17, 15) is 9.18 Å². The summed E-state index contributed by atoms with van der Waals surface area (Å²) >= 11 is 5.90. The van der Waals surface area contributed by atoms with Crippen LogP contribution in [0.5, 0.6) is 17.2 Å². The highest BCUT2D eigenvalue weighted by Crippen LogP contribution is 2.37. The fourth-order valence-electron chi connectivity index (χ4n) is 3.29. The van der Waals surface area contributed by atoms with Gasteiger partial charge in [0.1, 0.15) is 30.3 Å². The number of nitrogens with zero attached hydrogens (tertiary/aromatic N) is 2. The van der Waals surface area contributed by atoms with E-state index in [1.807, 2.05) is 0 Å². The Morgan fingerprint density at radius 2 is 1.92 bits per heavy atom. The van der Waals surface area contributed by atoms with Crippen LogP contribution in [0.15, 0.2) is 60.9 Å². The third-order valence-corrected chi connectivity index (χ3v) is 5.41. The van der Waals surface area contributed by atoms with E-state index < -0.39 is 12.4 Å². The van der Waals surface area contributed by atoms with Crippen molar-refractivity contribution in [3.8, 4) is 29.1 Å². The van der Waals surface area contributed by atoms with E-state index in [-0.39, 0.29) is 17.2 Å². The van der Waals surface area contributed by atoms with E-state index >= 15 is 0 Å². The number of nitrogens with one attached hydrogen (secondary N) is 1. The summed E-state index contributed by atoms with van der Waals surface area (Å²) in [5, 5.41) is 12.5. The Balaban J connectivity index is 1.57. The molecule has 0 aliphatic heterocycles. The second-order valence-corrected chi connectivity index (χ2v) is 8.03. The van der Waals surface area contributed by atoms with Gasteiger partial charge in [0.2, 0.25) is 0 Å². The van der Waals surface area contributed by atoms with Crippen molar-refractivity contribution in [1.29, 1.82) is 0 Å². The monoisotopic (exact) mass is 505 g/mol. The Bertz CT molecular complexity index is 1470. The first-order chi connectivity index (χ1) is 17.5. The summed E-state index contributed by atoms with van der Waals surface area (Å²) in [5.41, 5.74) is 1.95. The minimum absolute atomic E-state index is 0.00385. The Kier molecular flexibility index (Phi) is 7.95. The number of carbonyl (C=O) groups is 1. The summed E-state index contributed by atoms with van der Waals surface area (Å²) in [4.78, 5) is 19.8. The maximum atomic E-state index is 13.5. The van der Waals surface area contributed by atoms with E-state index in [0.29, 0.717) is 46.1 Å². The van der Waals surface area contributed by atoms with Crippen LogP contribution in [-0.4, -0.2) is 34.6 Å². The van der Waals surface area contributed by atoms with E-state index in [4.69, 9.17) is 26.2 Å². The largest absolute Gasteiger partial charge is 0.493 e. The number of carbonyl (C=O) groups excluding carboxylic acids is 1. The molecule has 0 fully saturated rings. The van der Waals surface area contributed by atoms with Crippen LogP contribution in [0.3, 0.4) is 0 Å². The van der Waals surface area contributed by atoms with Crippen molar-refractivity contribution in [2.75, 3.05) is 19.0 Å². The van der Waals surface area contributed by atoms with E-state index in [1.54, 1.807) is 42.5 Å². The van der Waals surface area contributed by atoms with Crippen LogP contribution in [0, 0.1) is 17.7 Å². The number of aromatic nitrogens is 2. The van der Waals surface area contributed by atoms with Gasteiger partial charge < -0.3 is 19.9 Å². The molecule has 0 spiro atoms. The number of hydrogen-bond acceptors (Lipinski definition) is 7. The van der Waals surface area contributed by atoms with Crippen LogP contribution in [0.2, 0.25) is 5.02 Å². The maximum Gasteiger partial charge on any atom is 0.170 e. The van der Waals surface area contributed by atoms with Crippen LogP contribution < -0.4 is 14.8 Å². The number of methoxy groups -OCH3 is 1. The highest BCUT2D eigenvalue weighted by molar-refractivity contribution is 6.31. The standard InChI is InChI=1S/C27H21ClFN3O4/c1-35-25-14-24-21(27(31-16-30-24)32-18-8-11-23(29)22(28)12-18)13-26(25)36-20-9-6-17(7-10-20)4-2-3-5-19(34)15-33/h6-14,16,33H,3,5,15H2,1H3,(H,30,31,32). The first-order valence-electron chi connectivity index (χ1n) is 10.9. The lowest BCUT2D eigenvalue weighted by molar-refractivity contribution is -0.121. The number of anilines is 2. The number of fused-ring (bicyclic) bond motifs is 1. The molecule has 0 amide bonds. The fraction of sp³-hybridized carbons (Fsp3) is 0.148. The van der Waals surface area contributed by atoms with Crippen LogP contribution in [-0.2, 0) is 4.79 Å². The molecule has 7 nitrogen and oxygen atoms in total. The topological polar surface area (TPSA) is 93.6 Å². The zero-order chi connectivity index (χ0) is 25.5. The molecular formula is C27H21ClFN3O4. The van der Waals surface area contributed by atoms with Crippen molar-refractivity contribution in [1.82, 2.24) is 9.97 Å². The molecule has 0 saturated carbocycles. The van der Waals surface area contributed by atoms with Gasteiger partial charge in [-0.2, -0.15) is 0 Å². The van der Waals surface area contributed by atoms with Gasteiger partial charge in [0.05, 0.1) is 17.6 Å². The van der Waals surface area contributed by atoms with Gasteiger partial charge in [0.25, 0.3) is 0 Å². The molecule has 1 heterocycles. The number of rotatable bonds is 8. The highest BCUT2D eigenvalue weighted by atomic mass is 35.5. The van der Waals surface area contributed by atoms with E-state index in [1.165, 1.54) is 25.6 Å². The Labute approximate surface area is 211 Å².